The highest BCUT2D eigenvalue weighted by Gasteiger charge is 2.47. The van der Waals surface area contributed by atoms with Gasteiger partial charge in [0, 0.05) is 12.2 Å². The van der Waals surface area contributed by atoms with E-state index in [1.807, 2.05) is 5.38 Å². The fourth-order valence-electron chi connectivity index (χ4n) is 5.45. The van der Waals surface area contributed by atoms with Crippen molar-refractivity contribution in [3.8, 4) is 22.0 Å². The van der Waals surface area contributed by atoms with E-state index < -0.39 is 29.7 Å². The smallest absolute Gasteiger partial charge is 0.308 e. The summed E-state index contributed by atoms with van der Waals surface area (Å²) in [5, 5.41) is 14.9. The van der Waals surface area contributed by atoms with Gasteiger partial charge in [0.2, 0.25) is 5.95 Å². The van der Waals surface area contributed by atoms with Crippen LogP contribution in [0.15, 0.2) is 29.9 Å². The summed E-state index contributed by atoms with van der Waals surface area (Å²) in [5.74, 6) is -2.60. The van der Waals surface area contributed by atoms with Gasteiger partial charge in [-0.3, -0.25) is 4.79 Å². The second-order valence-electron chi connectivity index (χ2n) is 8.84. The van der Waals surface area contributed by atoms with Gasteiger partial charge >= 0.3 is 5.97 Å². The maximum absolute atomic E-state index is 15.7. The van der Waals surface area contributed by atoms with Gasteiger partial charge in [-0.25, -0.2) is 24.3 Å². The lowest BCUT2D eigenvalue weighted by Crippen LogP contribution is -2.51. The minimum absolute atomic E-state index is 0.0593. The molecule has 4 heterocycles. The maximum Gasteiger partial charge on any atom is 0.308 e. The molecule has 3 aliphatic carbocycles. The van der Waals surface area contributed by atoms with E-state index in [1.165, 1.54) is 11.3 Å². The Morgan fingerprint density at radius 3 is 2.68 bits per heavy atom. The van der Waals surface area contributed by atoms with Crippen molar-refractivity contribution in [2.24, 2.45) is 17.8 Å². The number of carbonyl (C=O) groups is 1. The quantitative estimate of drug-likeness (QED) is 0.377. The Hall–Kier alpha value is -3.47. The molecule has 0 radical (unpaired) electrons. The Morgan fingerprint density at radius 2 is 1.94 bits per heavy atom. The van der Waals surface area contributed by atoms with Crippen molar-refractivity contribution in [1.82, 2.24) is 24.9 Å². The van der Waals surface area contributed by atoms with Gasteiger partial charge in [0.1, 0.15) is 11.2 Å². The number of hydrogen-bond donors (Lipinski definition) is 3. The number of rotatable bonds is 5. The molecule has 0 aromatic carbocycles. The number of aromatic amines is 1. The van der Waals surface area contributed by atoms with Crippen LogP contribution in [-0.4, -0.2) is 42.0 Å². The molecule has 3 N–H and O–H groups in total. The Bertz CT molecular complexity index is 1380. The molecule has 2 bridgehead atoms. The van der Waals surface area contributed by atoms with Crippen molar-refractivity contribution in [1.29, 1.82) is 0 Å². The normalized spacial score (nSPS) is 23.9. The predicted octanol–water partition coefficient (Wildman–Crippen LogP) is 4.72. The van der Waals surface area contributed by atoms with Crippen LogP contribution in [0, 0.1) is 29.5 Å². The van der Waals surface area contributed by atoms with Gasteiger partial charge in [0.25, 0.3) is 0 Å². The molecular formula is C23H20F2N6O2S. The molecule has 0 saturated heterocycles. The highest BCUT2D eigenvalue weighted by Crippen LogP contribution is 2.46. The SMILES string of the molecule is O=C(O)[C@H]1C2CCC(CC2)[C@@H]1Nc1nc(-c2c[nH]c3ncc(F)nc23)nc(-c2cccs2)c1F. The lowest BCUT2D eigenvalue weighted by atomic mass is 9.61. The van der Waals surface area contributed by atoms with Crippen LogP contribution in [0.3, 0.4) is 0 Å². The zero-order valence-electron chi connectivity index (χ0n) is 17.8. The third-order valence-corrected chi connectivity index (χ3v) is 7.88. The van der Waals surface area contributed by atoms with Crippen molar-refractivity contribution in [2.45, 2.75) is 31.7 Å². The molecule has 11 heteroatoms. The van der Waals surface area contributed by atoms with E-state index >= 15 is 4.39 Å². The first-order valence-electron chi connectivity index (χ1n) is 11.1. The first kappa shape index (κ1) is 21.1. The molecule has 0 spiro atoms. The van der Waals surface area contributed by atoms with E-state index in [4.69, 9.17) is 0 Å². The van der Waals surface area contributed by atoms with Crippen LogP contribution >= 0.6 is 11.3 Å². The topological polar surface area (TPSA) is 117 Å². The summed E-state index contributed by atoms with van der Waals surface area (Å²) in [4.78, 5) is 32.4. The van der Waals surface area contributed by atoms with Crippen LogP contribution in [0.25, 0.3) is 33.1 Å². The molecule has 4 aromatic rings. The number of fused-ring (bicyclic) bond motifs is 4. The van der Waals surface area contributed by atoms with E-state index in [0.29, 0.717) is 16.1 Å². The van der Waals surface area contributed by atoms with E-state index in [2.05, 4.69) is 30.2 Å². The maximum atomic E-state index is 15.7. The number of carboxylic acid groups (broad SMARTS) is 1. The van der Waals surface area contributed by atoms with Gasteiger partial charge < -0.3 is 15.4 Å². The van der Waals surface area contributed by atoms with Crippen molar-refractivity contribution in [3.05, 3.63) is 41.7 Å². The number of hydrogen-bond acceptors (Lipinski definition) is 7. The molecule has 3 aliphatic rings. The highest BCUT2D eigenvalue weighted by atomic mass is 32.1. The summed E-state index contributed by atoms with van der Waals surface area (Å²) in [6.07, 6.45) is 6.11. The Kier molecular flexibility index (Phi) is 5.01. The molecule has 2 atom stereocenters. The second-order valence-corrected chi connectivity index (χ2v) is 9.78. The third kappa shape index (κ3) is 3.42. The molecule has 174 valence electrons. The fraction of sp³-hybridized carbons (Fsp3) is 0.348. The largest absolute Gasteiger partial charge is 0.481 e. The van der Waals surface area contributed by atoms with Gasteiger partial charge in [-0.15, -0.1) is 11.3 Å². The van der Waals surface area contributed by atoms with Crippen LogP contribution < -0.4 is 5.32 Å². The number of H-pyrrole nitrogens is 1. The summed E-state index contributed by atoms with van der Waals surface area (Å²) in [6, 6.07) is 3.11. The van der Waals surface area contributed by atoms with E-state index in [1.54, 1.807) is 18.3 Å². The zero-order chi connectivity index (χ0) is 23.4. The number of halogens is 2. The van der Waals surface area contributed by atoms with Crippen LogP contribution in [0.1, 0.15) is 25.7 Å². The molecule has 0 unspecified atom stereocenters. The third-order valence-electron chi connectivity index (χ3n) is 7.01. The summed E-state index contributed by atoms with van der Waals surface area (Å²) in [5.41, 5.74) is 1.05. The van der Waals surface area contributed by atoms with Crippen molar-refractivity contribution in [3.63, 3.8) is 0 Å². The number of aromatic nitrogens is 5. The van der Waals surface area contributed by atoms with Crippen LogP contribution in [-0.2, 0) is 4.79 Å². The average Bonchev–Trinajstić information content (AvgIpc) is 3.51. The molecule has 34 heavy (non-hydrogen) atoms. The van der Waals surface area contributed by atoms with E-state index in [0.717, 1.165) is 31.9 Å². The molecule has 7 rings (SSSR count). The van der Waals surface area contributed by atoms with Crippen molar-refractivity contribution < 1.29 is 18.7 Å². The molecular weight excluding hydrogens is 462 g/mol. The Balaban J connectivity index is 1.49. The van der Waals surface area contributed by atoms with Crippen LogP contribution in [0.2, 0.25) is 0 Å². The van der Waals surface area contributed by atoms with E-state index in [-0.39, 0.29) is 34.7 Å². The van der Waals surface area contributed by atoms with Gasteiger partial charge in [0.15, 0.2) is 23.1 Å². The summed E-state index contributed by atoms with van der Waals surface area (Å²) in [6.45, 7) is 0. The number of aliphatic carboxylic acids is 1. The number of nitrogens with zero attached hydrogens (tertiary/aromatic N) is 4. The molecule has 3 saturated carbocycles. The number of thiophene rings is 1. The molecule has 4 aromatic heterocycles. The summed E-state index contributed by atoms with van der Waals surface area (Å²) < 4.78 is 29.6. The van der Waals surface area contributed by atoms with Gasteiger partial charge in [0.05, 0.1) is 22.6 Å². The fourth-order valence-corrected chi connectivity index (χ4v) is 6.16. The van der Waals surface area contributed by atoms with Gasteiger partial charge in [-0.05, 0) is 49.0 Å². The highest BCUT2D eigenvalue weighted by molar-refractivity contribution is 7.13. The predicted molar refractivity (Wildman–Crippen MR) is 122 cm³/mol. The first-order valence-corrected chi connectivity index (χ1v) is 12.0. The standard InChI is InChI=1S/C23H20F2N6O2S/c24-14-9-27-22-18(28-14)12(8-26-22)20-30-19(13-2-1-7-34-13)16(25)21(31-20)29-17-11-5-3-10(4-6-11)15(17)23(32)33/h1-2,7-11,15,17H,3-6H2,(H,26,27)(H,32,33)(H,29,30,31)/t10?,11?,15-,17-/m0/s1. The lowest BCUT2D eigenvalue weighted by molar-refractivity contribution is -0.148. The van der Waals surface area contributed by atoms with Crippen LogP contribution in [0.4, 0.5) is 14.6 Å². The number of carboxylic acids is 1. The summed E-state index contributed by atoms with van der Waals surface area (Å²) in [7, 11) is 0. The zero-order valence-corrected chi connectivity index (χ0v) is 18.6. The monoisotopic (exact) mass is 482 g/mol. The Labute approximate surface area is 196 Å². The number of nitrogens with one attached hydrogen (secondary N) is 2. The molecule has 0 aliphatic heterocycles. The molecule has 3 fully saturated rings. The van der Waals surface area contributed by atoms with Gasteiger partial charge in [-0.1, -0.05) is 6.07 Å². The van der Waals surface area contributed by atoms with Gasteiger partial charge in [-0.2, -0.15) is 4.39 Å². The molecule has 0 amide bonds. The van der Waals surface area contributed by atoms with E-state index in [9.17, 15) is 14.3 Å². The average molecular weight is 483 g/mol. The van der Waals surface area contributed by atoms with Crippen LogP contribution in [0.5, 0.6) is 0 Å². The first-order chi connectivity index (χ1) is 16.5. The lowest BCUT2D eigenvalue weighted by Gasteiger charge is -2.47. The minimum Gasteiger partial charge on any atom is -0.481 e. The summed E-state index contributed by atoms with van der Waals surface area (Å²) >= 11 is 1.33. The second kappa shape index (κ2) is 8.08. The van der Waals surface area contributed by atoms with Crippen molar-refractivity contribution >= 4 is 34.3 Å². The number of anilines is 1. The molecule has 8 nitrogen and oxygen atoms in total. The van der Waals surface area contributed by atoms with Crippen molar-refractivity contribution in [2.75, 3.05) is 5.32 Å². The minimum atomic E-state index is -0.873. The Morgan fingerprint density at radius 1 is 1.15 bits per heavy atom.